The third-order valence-electron chi connectivity index (χ3n) is 2.34. The van der Waals surface area contributed by atoms with Gasteiger partial charge < -0.3 is 5.32 Å². The van der Waals surface area contributed by atoms with Crippen molar-refractivity contribution < 1.29 is 4.79 Å². The zero-order chi connectivity index (χ0) is 16.2. The Balaban J connectivity index is 0.00000116. The highest BCUT2D eigenvalue weighted by molar-refractivity contribution is 7.99. The molecule has 1 amide bonds. The van der Waals surface area contributed by atoms with Crippen LogP contribution < -0.4 is 5.32 Å². The van der Waals surface area contributed by atoms with Crippen molar-refractivity contribution in [2.75, 3.05) is 12.3 Å². The lowest BCUT2D eigenvalue weighted by Crippen LogP contribution is -2.25. The van der Waals surface area contributed by atoms with Crippen LogP contribution in [0, 0.1) is 0 Å². The summed E-state index contributed by atoms with van der Waals surface area (Å²) in [6.07, 6.45) is 5.02. The van der Waals surface area contributed by atoms with E-state index in [4.69, 9.17) is 0 Å². The molecule has 0 saturated carbocycles. The molecule has 0 aromatic carbocycles. The molecule has 2 heterocycles. The van der Waals surface area contributed by atoms with E-state index >= 15 is 0 Å². The van der Waals surface area contributed by atoms with Crippen molar-refractivity contribution in [2.45, 2.75) is 19.0 Å². The minimum Gasteiger partial charge on any atom is -0.352 e. The number of rotatable bonds is 6. The number of carbonyl (C=O) groups is 1. The Morgan fingerprint density at radius 3 is 2.73 bits per heavy atom. The molecule has 1 N–H and O–H groups in total. The molecule has 2 rings (SSSR count). The molecular formula is C16H20N4OS. The second-order valence-electron chi connectivity index (χ2n) is 3.82. The van der Waals surface area contributed by atoms with Gasteiger partial charge in [0.05, 0.1) is 17.1 Å². The first-order valence-corrected chi connectivity index (χ1v) is 8.03. The number of hydrogen-bond acceptors (Lipinski definition) is 5. The topological polar surface area (TPSA) is 67.8 Å². The Hall–Kier alpha value is -2.21. The summed E-state index contributed by atoms with van der Waals surface area (Å²) in [6.45, 7) is 8.01. The monoisotopic (exact) mass is 316 g/mol. The van der Waals surface area contributed by atoms with Crippen molar-refractivity contribution >= 4 is 17.7 Å². The molecule has 0 unspecified atom stereocenters. The van der Waals surface area contributed by atoms with Gasteiger partial charge >= 0.3 is 0 Å². The quantitative estimate of drug-likeness (QED) is 0.504. The van der Waals surface area contributed by atoms with Gasteiger partial charge in [0.25, 0.3) is 0 Å². The molecular weight excluding hydrogens is 296 g/mol. The van der Waals surface area contributed by atoms with Gasteiger partial charge in [-0.05, 0) is 18.2 Å². The number of amides is 1. The van der Waals surface area contributed by atoms with Crippen LogP contribution >= 0.6 is 11.8 Å². The van der Waals surface area contributed by atoms with Gasteiger partial charge in [0.15, 0.2) is 5.16 Å². The van der Waals surface area contributed by atoms with E-state index in [9.17, 15) is 4.79 Å². The molecule has 2 aromatic heterocycles. The molecule has 0 saturated heterocycles. The van der Waals surface area contributed by atoms with Crippen LogP contribution in [-0.4, -0.2) is 33.2 Å². The Bertz CT molecular complexity index is 590. The first kappa shape index (κ1) is 17.8. The summed E-state index contributed by atoms with van der Waals surface area (Å²) in [4.78, 5) is 24.2. The van der Waals surface area contributed by atoms with Crippen LogP contribution in [0.3, 0.4) is 0 Å². The molecule has 0 spiro atoms. The van der Waals surface area contributed by atoms with Gasteiger partial charge in [-0.3, -0.25) is 9.78 Å². The van der Waals surface area contributed by atoms with E-state index in [1.165, 1.54) is 11.8 Å². The summed E-state index contributed by atoms with van der Waals surface area (Å²) in [5, 5.41) is 3.26. The predicted octanol–water partition coefficient (Wildman–Crippen LogP) is 2.96. The van der Waals surface area contributed by atoms with Crippen LogP contribution in [-0.2, 0) is 4.79 Å². The van der Waals surface area contributed by atoms with Gasteiger partial charge in [0.2, 0.25) is 5.91 Å². The molecule has 0 aliphatic rings. The fourth-order valence-electron chi connectivity index (χ4n) is 1.43. The predicted molar refractivity (Wildman–Crippen MR) is 90.5 cm³/mol. The number of thioether (sulfide) groups is 1. The van der Waals surface area contributed by atoms with Crippen molar-refractivity contribution in [1.29, 1.82) is 0 Å². The first-order chi connectivity index (χ1) is 10.8. The minimum atomic E-state index is -0.0678. The van der Waals surface area contributed by atoms with Gasteiger partial charge in [-0.25, -0.2) is 9.97 Å². The average molecular weight is 316 g/mol. The van der Waals surface area contributed by atoms with Crippen molar-refractivity contribution in [3.63, 3.8) is 0 Å². The summed E-state index contributed by atoms with van der Waals surface area (Å²) in [6, 6.07) is 7.43. The van der Waals surface area contributed by atoms with Crippen molar-refractivity contribution in [3.8, 4) is 11.4 Å². The Kier molecular flexibility index (Phi) is 8.52. The fourth-order valence-corrected chi connectivity index (χ4v) is 2.09. The number of pyridine rings is 1. The van der Waals surface area contributed by atoms with E-state index in [1.807, 2.05) is 32.0 Å². The Morgan fingerprint density at radius 2 is 2.05 bits per heavy atom. The number of nitrogens with zero attached hydrogens (tertiary/aromatic N) is 3. The standard InChI is InChI=1S/C14H14N4OS.C2H6/c1-2-7-16-13(19)10-20-14-17-9-6-12(18-14)11-5-3-4-8-15-11;1-2/h2-6,8-9H,1,7,10H2,(H,16,19);1-2H3. The van der Waals surface area contributed by atoms with Crippen molar-refractivity contribution in [3.05, 3.63) is 49.3 Å². The van der Waals surface area contributed by atoms with E-state index in [2.05, 4.69) is 26.8 Å². The van der Waals surface area contributed by atoms with Gasteiger partial charge in [0, 0.05) is 18.9 Å². The molecule has 0 radical (unpaired) electrons. The van der Waals surface area contributed by atoms with Crippen molar-refractivity contribution in [1.82, 2.24) is 20.3 Å². The van der Waals surface area contributed by atoms with Gasteiger partial charge in [-0.2, -0.15) is 0 Å². The molecule has 116 valence electrons. The van der Waals surface area contributed by atoms with Crippen LogP contribution in [0.25, 0.3) is 11.4 Å². The molecule has 2 aromatic rings. The Labute approximate surface area is 135 Å². The molecule has 0 aliphatic heterocycles. The number of hydrogen-bond donors (Lipinski definition) is 1. The largest absolute Gasteiger partial charge is 0.352 e. The van der Waals surface area contributed by atoms with Gasteiger partial charge in [-0.1, -0.05) is 37.8 Å². The lowest BCUT2D eigenvalue weighted by Gasteiger charge is -2.03. The molecule has 0 fully saturated rings. The van der Waals surface area contributed by atoms with Crippen LogP contribution in [0.1, 0.15) is 13.8 Å². The number of aromatic nitrogens is 3. The highest BCUT2D eigenvalue weighted by atomic mass is 32.2. The lowest BCUT2D eigenvalue weighted by molar-refractivity contribution is -0.118. The van der Waals surface area contributed by atoms with Crippen LogP contribution in [0.5, 0.6) is 0 Å². The molecule has 0 bridgehead atoms. The zero-order valence-electron chi connectivity index (χ0n) is 12.8. The molecule has 0 aliphatic carbocycles. The summed E-state index contributed by atoms with van der Waals surface area (Å²) in [5.74, 6) is 0.209. The van der Waals surface area contributed by atoms with Crippen LogP contribution in [0.4, 0.5) is 0 Å². The van der Waals surface area contributed by atoms with E-state index in [0.29, 0.717) is 11.7 Å². The average Bonchev–Trinajstić information content (AvgIpc) is 2.61. The molecule has 5 nitrogen and oxygen atoms in total. The maximum absolute atomic E-state index is 11.5. The van der Waals surface area contributed by atoms with E-state index in [-0.39, 0.29) is 11.7 Å². The fraction of sp³-hybridized carbons (Fsp3) is 0.250. The van der Waals surface area contributed by atoms with Crippen LogP contribution in [0.15, 0.2) is 54.5 Å². The smallest absolute Gasteiger partial charge is 0.230 e. The summed E-state index contributed by atoms with van der Waals surface area (Å²) in [5.41, 5.74) is 1.53. The van der Waals surface area contributed by atoms with E-state index in [1.54, 1.807) is 24.5 Å². The van der Waals surface area contributed by atoms with Crippen LogP contribution in [0.2, 0.25) is 0 Å². The third-order valence-corrected chi connectivity index (χ3v) is 3.20. The third kappa shape index (κ3) is 6.05. The van der Waals surface area contributed by atoms with Crippen molar-refractivity contribution in [2.24, 2.45) is 0 Å². The lowest BCUT2D eigenvalue weighted by atomic mass is 10.3. The highest BCUT2D eigenvalue weighted by Gasteiger charge is 2.06. The minimum absolute atomic E-state index is 0.0678. The molecule has 6 heteroatoms. The first-order valence-electron chi connectivity index (χ1n) is 7.04. The normalized spacial score (nSPS) is 9.36. The SMILES string of the molecule is C=CCNC(=O)CSc1nccc(-c2ccccn2)n1.CC. The highest BCUT2D eigenvalue weighted by Crippen LogP contribution is 2.17. The molecule has 22 heavy (non-hydrogen) atoms. The second kappa shape index (κ2) is 10.5. The maximum atomic E-state index is 11.5. The second-order valence-corrected chi connectivity index (χ2v) is 4.76. The maximum Gasteiger partial charge on any atom is 0.230 e. The van der Waals surface area contributed by atoms with E-state index < -0.39 is 0 Å². The van der Waals surface area contributed by atoms with Gasteiger partial charge in [0.1, 0.15) is 0 Å². The summed E-state index contributed by atoms with van der Waals surface area (Å²) < 4.78 is 0. The number of carbonyl (C=O) groups excluding carboxylic acids is 1. The Morgan fingerprint density at radius 1 is 1.23 bits per heavy atom. The van der Waals surface area contributed by atoms with Gasteiger partial charge in [-0.15, -0.1) is 6.58 Å². The molecule has 0 atom stereocenters. The zero-order valence-corrected chi connectivity index (χ0v) is 13.6. The summed E-state index contributed by atoms with van der Waals surface area (Å²) in [7, 11) is 0. The summed E-state index contributed by atoms with van der Waals surface area (Å²) >= 11 is 1.29. The number of nitrogens with one attached hydrogen (secondary N) is 1. The van der Waals surface area contributed by atoms with E-state index in [0.717, 1.165) is 11.4 Å².